The third-order valence-corrected chi connectivity index (χ3v) is 5.80. The first-order valence-electron chi connectivity index (χ1n) is 9.07. The van der Waals surface area contributed by atoms with Crippen LogP contribution in [0.2, 0.25) is 0 Å². The van der Waals surface area contributed by atoms with Gasteiger partial charge in [0.2, 0.25) is 0 Å². The summed E-state index contributed by atoms with van der Waals surface area (Å²) < 4.78 is 5.67. The largest absolute Gasteiger partial charge is 0.478 e. The molecule has 140 valence electrons. The Morgan fingerprint density at radius 1 is 1.07 bits per heavy atom. The first kappa shape index (κ1) is 16.7. The quantitative estimate of drug-likeness (QED) is 0.502. The number of carboxylic acid groups (broad SMARTS) is 1. The molecule has 7 heteroatoms. The molecule has 2 bridgehead atoms. The number of furan rings is 1. The molecule has 5 rings (SSSR count). The number of carbonyl (C=O) groups excluding carboxylic acids is 2. The molecule has 4 atom stereocenters. The maximum atomic E-state index is 12.6. The zero-order chi connectivity index (χ0) is 19.4. The number of hydrogen-bond donors (Lipinski definition) is 1. The molecule has 1 aliphatic heterocycles. The van der Waals surface area contributed by atoms with E-state index in [1.807, 2.05) is 12.2 Å². The molecule has 2 aromatic rings. The summed E-state index contributed by atoms with van der Waals surface area (Å²) >= 11 is 0. The van der Waals surface area contributed by atoms with E-state index in [4.69, 9.17) is 4.42 Å². The maximum absolute atomic E-state index is 12.6. The Morgan fingerprint density at radius 3 is 2.43 bits per heavy atom. The van der Waals surface area contributed by atoms with Gasteiger partial charge < -0.3 is 9.52 Å². The fourth-order valence-electron chi connectivity index (χ4n) is 4.57. The Bertz CT molecular complexity index is 1040. The number of hydrogen-bond acceptors (Lipinski definition) is 5. The zero-order valence-electron chi connectivity index (χ0n) is 14.7. The topological polar surface area (TPSA) is 100 Å². The summed E-state index contributed by atoms with van der Waals surface area (Å²) in [6, 6.07) is 9.77. The number of carbonyl (C=O) groups is 3. The Hall–Kier alpha value is -3.48. The number of aromatic carboxylic acids is 1. The first-order valence-corrected chi connectivity index (χ1v) is 9.07. The Labute approximate surface area is 159 Å². The number of fused-ring (bicyclic) bond motifs is 5. The van der Waals surface area contributed by atoms with Crippen molar-refractivity contribution in [1.82, 2.24) is 5.01 Å². The molecule has 1 N–H and O–H groups in total. The molecule has 3 aliphatic rings. The zero-order valence-corrected chi connectivity index (χ0v) is 14.7. The molecule has 1 saturated carbocycles. The fourth-order valence-corrected chi connectivity index (χ4v) is 4.57. The summed E-state index contributed by atoms with van der Waals surface area (Å²) in [7, 11) is 0. The van der Waals surface area contributed by atoms with Crippen LogP contribution in [-0.4, -0.2) is 34.1 Å². The number of benzene rings is 1. The smallest absolute Gasteiger partial charge is 0.336 e. The number of carboxylic acids is 1. The number of amides is 2. The first-order chi connectivity index (χ1) is 13.5. The molecule has 28 heavy (non-hydrogen) atoms. The molecule has 2 heterocycles. The van der Waals surface area contributed by atoms with E-state index in [-0.39, 0.29) is 41.0 Å². The lowest BCUT2D eigenvalue weighted by Gasteiger charge is -2.13. The molecule has 1 aromatic carbocycles. The third-order valence-electron chi connectivity index (χ3n) is 5.80. The van der Waals surface area contributed by atoms with Crippen LogP contribution in [0.15, 0.2) is 58.1 Å². The van der Waals surface area contributed by atoms with Crippen LogP contribution >= 0.6 is 0 Å². The standard InChI is InChI=1S/C21H16N2O5/c24-19-17-11-5-6-12(9-11)18(17)20(25)23(19)22-10-13-7-8-16(28-13)14-3-1-2-4-15(14)21(26)27/h1-8,10-12,17-18H,9H2,(H,26,27)/b22-10-/t11-,12-,17-,18+/m0/s1. The van der Waals surface area contributed by atoms with Crippen molar-refractivity contribution in [3.63, 3.8) is 0 Å². The SMILES string of the molecule is O=C(O)c1ccccc1-c1ccc(/C=N\N2C(=O)[C@@H]3[C@H](C2=O)[C@H]2C=C[C@H]3C2)o1. The lowest BCUT2D eigenvalue weighted by atomic mass is 9.85. The highest BCUT2D eigenvalue weighted by molar-refractivity contribution is 6.06. The van der Waals surface area contributed by atoms with Crippen molar-refractivity contribution < 1.29 is 23.9 Å². The van der Waals surface area contributed by atoms with Gasteiger partial charge in [-0.15, -0.1) is 0 Å². The van der Waals surface area contributed by atoms with Gasteiger partial charge >= 0.3 is 5.97 Å². The van der Waals surface area contributed by atoms with Crippen molar-refractivity contribution in [2.75, 3.05) is 0 Å². The van der Waals surface area contributed by atoms with E-state index in [1.165, 1.54) is 12.3 Å². The molecule has 0 radical (unpaired) electrons. The Kier molecular flexibility index (Phi) is 3.58. The van der Waals surface area contributed by atoms with Crippen molar-refractivity contribution in [3.8, 4) is 11.3 Å². The van der Waals surface area contributed by atoms with Gasteiger partial charge in [0.25, 0.3) is 11.8 Å². The van der Waals surface area contributed by atoms with Crippen LogP contribution in [0.4, 0.5) is 0 Å². The van der Waals surface area contributed by atoms with Crippen LogP contribution in [0.3, 0.4) is 0 Å². The van der Waals surface area contributed by atoms with Gasteiger partial charge in [0.15, 0.2) is 0 Å². The Morgan fingerprint density at radius 2 is 1.75 bits per heavy atom. The van der Waals surface area contributed by atoms with Crippen molar-refractivity contribution in [2.24, 2.45) is 28.8 Å². The number of hydrazone groups is 1. The molecule has 1 aromatic heterocycles. The Balaban J connectivity index is 1.39. The maximum Gasteiger partial charge on any atom is 0.336 e. The predicted octanol–water partition coefficient (Wildman–Crippen LogP) is 2.79. The number of rotatable bonds is 4. The van der Waals surface area contributed by atoms with Gasteiger partial charge in [0, 0.05) is 5.56 Å². The summed E-state index contributed by atoms with van der Waals surface area (Å²) in [5, 5.41) is 14.3. The second kappa shape index (κ2) is 6.02. The van der Waals surface area contributed by atoms with Crippen LogP contribution < -0.4 is 0 Å². The van der Waals surface area contributed by atoms with E-state index in [2.05, 4.69) is 5.10 Å². The number of nitrogens with zero attached hydrogens (tertiary/aromatic N) is 2. The fraction of sp³-hybridized carbons (Fsp3) is 0.238. The highest BCUT2D eigenvalue weighted by atomic mass is 16.4. The van der Waals surface area contributed by atoms with E-state index in [0.717, 1.165) is 11.4 Å². The van der Waals surface area contributed by atoms with E-state index in [9.17, 15) is 19.5 Å². The normalized spacial score (nSPS) is 27.9. The molecule has 2 amide bonds. The van der Waals surface area contributed by atoms with Crippen LogP contribution in [0, 0.1) is 23.7 Å². The second-order valence-electron chi connectivity index (χ2n) is 7.29. The number of allylic oxidation sites excluding steroid dienone is 2. The van der Waals surface area contributed by atoms with Crippen molar-refractivity contribution >= 4 is 24.0 Å². The van der Waals surface area contributed by atoms with E-state index in [1.54, 1.807) is 30.3 Å². The van der Waals surface area contributed by atoms with Crippen molar-refractivity contribution in [2.45, 2.75) is 6.42 Å². The van der Waals surface area contributed by atoms with Gasteiger partial charge in [0.1, 0.15) is 11.5 Å². The summed E-state index contributed by atoms with van der Waals surface area (Å²) in [5.41, 5.74) is 0.571. The highest BCUT2D eigenvalue weighted by Crippen LogP contribution is 2.52. The average Bonchev–Trinajstić information content (AvgIpc) is 3.46. The molecule has 0 unspecified atom stereocenters. The summed E-state index contributed by atoms with van der Waals surface area (Å²) in [6.45, 7) is 0. The van der Waals surface area contributed by atoms with Gasteiger partial charge in [-0.1, -0.05) is 30.4 Å². The molecule has 0 spiro atoms. The molecular weight excluding hydrogens is 360 g/mol. The van der Waals surface area contributed by atoms with Gasteiger partial charge in [0.05, 0.1) is 23.6 Å². The highest BCUT2D eigenvalue weighted by Gasteiger charge is 2.59. The van der Waals surface area contributed by atoms with Gasteiger partial charge in [-0.3, -0.25) is 9.59 Å². The van der Waals surface area contributed by atoms with Crippen LogP contribution in [-0.2, 0) is 9.59 Å². The van der Waals surface area contributed by atoms with E-state index in [0.29, 0.717) is 17.1 Å². The van der Waals surface area contributed by atoms with Crippen molar-refractivity contribution in [3.05, 3.63) is 59.9 Å². The van der Waals surface area contributed by atoms with Gasteiger partial charge in [-0.25, -0.2) is 4.79 Å². The van der Waals surface area contributed by atoms with E-state index < -0.39 is 5.97 Å². The molecular formula is C21H16N2O5. The lowest BCUT2D eigenvalue weighted by Crippen LogP contribution is -2.28. The van der Waals surface area contributed by atoms with Crippen LogP contribution in [0.25, 0.3) is 11.3 Å². The minimum atomic E-state index is -1.05. The van der Waals surface area contributed by atoms with E-state index >= 15 is 0 Å². The molecule has 2 aliphatic carbocycles. The van der Waals surface area contributed by atoms with Crippen LogP contribution in [0.5, 0.6) is 0 Å². The van der Waals surface area contributed by atoms with Gasteiger partial charge in [-0.05, 0) is 36.5 Å². The lowest BCUT2D eigenvalue weighted by molar-refractivity contribution is -0.140. The minimum absolute atomic E-state index is 0.126. The second-order valence-corrected chi connectivity index (χ2v) is 7.29. The average molecular weight is 376 g/mol. The molecule has 7 nitrogen and oxygen atoms in total. The summed E-state index contributed by atoms with van der Waals surface area (Å²) in [5.74, 6) is -1.19. The number of imide groups is 1. The van der Waals surface area contributed by atoms with Gasteiger partial charge in [-0.2, -0.15) is 10.1 Å². The summed E-state index contributed by atoms with van der Waals surface area (Å²) in [6.07, 6.45) is 6.25. The summed E-state index contributed by atoms with van der Waals surface area (Å²) in [4.78, 5) is 36.6. The molecule has 1 saturated heterocycles. The third kappa shape index (κ3) is 2.36. The van der Waals surface area contributed by atoms with Crippen LogP contribution in [0.1, 0.15) is 22.5 Å². The predicted molar refractivity (Wildman–Crippen MR) is 98.3 cm³/mol. The van der Waals surface area contributed by atoms with Crippen molar-refractivity contribution in [1.29, 1.82) is 0 Å². The monoisotopic (exact) mass is 376 g/mol. The molecule has 2 fully saturated rings. The minimum Gasteiger partial charge on any atom is -0.478 e.